The first-order valence-electron chi connectivity index (χ1n) is 7.83. The maximum Gasteiger partial charge on any atom is 0.274 e. The maximum atomic E-state index is 13.7. The average Bonchev–Trinajstić information content (AvgIpc) is 2.70. The summed E-state index contributed by atoms with van der Waals surface area (Å²) in [6.07, 6.45) is 1.15. The zero-order valence-corrected chi connectivity index (χ0v) is 14.0. The maximum absolute atomic E-state index is 13.7. The first-order chi connectivity index (χ1) is 13.4. The Labute approximate surface area is 156 Å². The molecule has 0 saturated carbocycles. The van der Waals surface area contributed by atoms with Crippen molar-refractivity contribution in [2.24, 2.45) is 0 Å². The molecule has 3 rings (SSSR count). The van der Waals surface area contributed by atoms with Crippen LogP contribution < -0.4 is 10.6 Å². The molecule has 1 heterocycles. The van der Waals surface area contributed by atoms with Gasteiger partial charge in [0.2, 0.25) is 0 Å². The Balaban J connectivity index is 1.79. The van der Waals surface area contributed by atoms with Crippen molar-refractivity contribution in [3.8, 4) is 0 Å². The smallest absolute Gasteiger partial charge is 0.274 e. The second-order valence-corrected chi connectivity index (χ2v) is 5.54. The zero-order chi connectivity index (χ0) is 20.3. The summed E-state index contributed by atoms with van der Waals surface area (Å²) in [7, 11) is 0. The Morgan fingerprint density at radius 1 is 0.750 bits per heavy atom. The van der Waals surface area contributed by atoms with Crippen LogP contribution in [0.4, 0.5) is 28.9 Å². The molecule has 0 radical (unpaired) electrons. The number of aromatic nitrogens is 1. The third kappa shape index (κ3) is 3.98. The number of para-hydroxylation sites is 1. The van der Waals surface area contributed by atoms with E-state index in [1.807, 2.05) is 5.32 Å². The summed E-state index contributed by atoms with van der Waals surface area (Å²) in [5.74, 6) is -7.01. The molecule has 2 aromatic carbocycles. The molecular formula is C19H11F4N3O2. The van der Waals surface area contributed by atoms with Gasteiger partial charge in [0.25, 0.3) is 11.8 Å². The van der Waals surface area contributed by atoms with Gasteiger partial charge in [0.05, 0.1) is 11.4 Å². The van der Waals surface area contributed by atoms with Crippen molar-refractivity contribution in [2.75, 3.05) is 10.6 Å². The number of hydrogen-bond acceptors (Lipinski definition) is 3. The van der Waals surface area contributed by atoms with Gasteiger partial charge in [-0.25, -0.2) is 17.6 Å². The lowest BCUT2D eigenvalue weighted by Gasteiger charge is -2.09. The molecule has 0 aliphatic rings. The summed E-state index contributed by atoms with van der Waals surface area (Å²) < 4.78 is 53.5. The third-order valence-electron chi connectivity index (χ3n) is 3.66. The van der Waals surface area contributed by atoms with Crippen LogP contribution in [0.25, 0.3) is 0 Å². The van der Waals surface area contributed by atoms with Gasteiger partial charge >= 0.3 is 0 Å². The summed E-state index contributed by atoms with van der Waals surface area (Å²) in [6, 6.07) is 9.37. The van der Waals surface area contributed by atoms with Crippen LogP contribution in [-0.4, -0.2) is 16.8 Å². The van der Waals surface area contributed by atoms with Gasteiger partial charge < -0.3 is 10.6 Å². The highest BCUT2D eigenvalue weighted by Gasteiger charge is 2.18. The van der Waals surface area contributed by atoms with E-state index < -0.39 is 40.8 Å². The normalized spacial score (nSPS) is 10.4. The third-order valence-corrected chi connectivity index (χ3v) is 3.66. The molecule has 142 valence electrons. The molecule has 0 atom stereocenters. The van der Waals surface area contributed by atoms with Gasteiger partial charge in [-0.15, -0.1) is 0 Å². The van der Waals surface area contributed by atoms with E-state index >= 15 is 0 Å². The van der Waals surface area contributed by atoms with E-state index in [4.69, 9.17) is 0 Å². The Hall–Kier alpha value is -3.75. The van der Waals surface area contributed by atoms with E-state index in [1.54, 1.807) is 0 Å². The number of amides is 2. The largest absolute Gasteiger partial charge is 0.319 e. The molecular weight excluding hydrogens is 378 g/mol. The van der Waals surface area contributed by atoms with E-state index in [1.165, 1.54) is 24.3 Å². The number of benzene rings is 2. The van der Waals surface area contributed by atoms with E-state index in [2.05, 4.69) is 10.3 Å². The summed E-state index contributed by atoms with van der Waals surface area (Å²) in [5, 5.41) is 4.39. The summed E-state index contributed by atoms with van der Waals surface area (Å²) in [6.45, 7) is 0. The number of pyridine rings is 1. The van der Waals surface area contributed by atoms with Gasteiger partial charge in [-0.1, -0.05) is 12.1 Å². The van der Waals surface area contributed by atoms with Crippen LogP contribution in [0.5, 0.6) is 0 Å². The van der Waals surface area contributed by atoms with Crippen molar-refractivity contribution in [2.45, 2.75) is 0 Å². The summed E-state index contributed by atoms with van der Waals surface area (Å²) in [4.78, 5) is 28.2. The van der Waals surface area contributed by atoms with Gasteiger partial charge in [0.15, 0.2) is 17.5 Å². The van der Waals surface area contributed by atoms with Crippen molar-refractivity contribution < 1.29 is 27.2 Å². The van der Waals surface area contributed by atoms with Gasteiger partial charge in [0.1, 0.15) is 11.5 Å². The SMILES string of the molecule is O=C(Nc1ccccc1F)c1ccnc(C(=O)Nc2ccc(F)c(F)c2F)c1. The first kappa shape index (κ1) is 19.0. The molecule has 0 aliphatic carbocycles. The van der Waals surface area contributed by atoms with E-state index in [-0.39, 0.29) is 16.9 Å². The number of carbonyl (C=O) groups is 2. The van der Waals surface area contributed by atoms with Crippen LogP contribution in [0, 0.1) is 23.3 Å². The minimum Gasteiger partial charge on any atom is -0.319 e. The molecule has 28 heavy (non-hydrogen) atoms. The van der Waals surface area contributed by atoms with Crippen LogP contribution in [0.15, 0.2) is 54.7 Å². The van der Waals surface area contributed by atoms with Crippen molar-refractivity contribution >= 4 is 23.2 Å². The predicted octanol–water partition coefficient (Wildman–Crippen LogP) is 4.14. The Bertz CT molecular complexity index is 1070. The van der Waals surface area contributed by atoms with E-state index in [0.717, 1.165) is 24.4 Å². The standard InChI is InChI=1S/C19H11F4N3O2/c20-11-3-1-2-4-13(11)25-18(27)10-7-8-24-15(9-10)19(28)26-14-6-5-12(21)16(22)17(14)23/h1-9H,(H,25,27)(H,26,28). The fraction of sp³-hybridized carbons (Fsp3) is 0. The van der Waals surface area contributed by atoms with Gasteiger partial charge in [-0.3, -0.25) is 14.6 Å². The lowest BCUT2D eigenvalue weighted by atomic mass is 10.2. The topological polar surface area (TPSA) is 71.1 Å². The number of nitrogens with zero attached hydrogens (tertiary/aromatic N) is 1. The predicted molar refractivity (Wildman–Crippen MR) is 92.9 cm³/mol. The Kier molecular flexibility index (Phi) is 5.35. The van der Waals surface area contributed by atoms with Crippen LogP contribution in [0.1, 0.15) is 20.8 Å². The van der Waals surface area contributed by atoms with Crippen LogP contribution in [-0.2, 0) is 0 Å². The van der Waals surface area contributed by atoms with Crippen molar-refractivity contribution in [3.63, 3.8) is 0 Å². The molecule has 0 saturated heterocycles. The fourth-order valence-electron chi connectivity index (χ4n) is 2.26. The molecule has 0 unspecified atom stereocenters. The lowest BCUT2D eigenvalue weighted by molar-refractivity contribution is 0.102. The molecule has 0 aliphatic heterocycles. The van der Waals surface area contributed by atoms with Crippen molar-refractivity contribution in [3.05, 3.63) is 89.3 Å². The minimum absolute atomic E-state index is 0.0193. The van der Waals surface area contributed by atoms with E-state index in [9.17, 15) is 27.2 Å². The van der Waals surface area contributed by atoms with Crippen molar-refractivity contribution in [1.29, 1.82) is 0 Å². The summed E-state index contributed by atoms with van der Waals surface area (Å²) >= 11 is 0. The van der Waals surface area contributed by atoms with E-state index in [0.29, 0.717) is 6.07 Å². The monoisotopic (exact) mass is 389 g/mol. The van der Waals surface area contributed by atoms with Gasteiger partial charge in [-0.05, 0) is 36.4 Å². The number of hydrogen-bond donors (Lipinski definition) is 2. The Morgan fingerprint density at radius 2 is 1.46 bits per heavy atom. The Morgan fingerprint density at radius 3 is 2.21 bits per heavy atom. The van der Waals surface area contributed by atoms with Crippen LogP contribution >= 0.6 is 0 Å². The quantitative estimate of drug-likeness (QED) is 0.520. The lowest BCUT2D eigenvalue weighted by Crippen LogP contribution is -2.18. The minimum atomic E-state index is -1.73. The number of rotatable bonds is 4. The van der Waals surface area contributed by atoms with Crippen molar-refractivity contribution in [1.82, 2.24) is 4.98 Å². The highest BCUT2D eigenvalue weighted by atomic mass is 19.2. The molecule has 0 fully saturated rings. The van der Waals surface area contributed by atoms with Gasteiger partial charge in [0, 0.05) is 11.8 Å². The molecule has 0 spiro atoms. The second-order valence-electron chi connectivity index (χ2n) is 5.54. The van der Waals surface area contributed by atoms with Crippen LogP contribution in [0.3, 0.4) is 0 Å². The molecule has 1 aromatic heterocycles. The van der Waals surface area contributed by atoms with Crippen LogP contribution in [0.2, 0.25) is 0 Å². The highest BCUT2D eigenvalue weighted by molar-refractivity contribution is 6.07. The average molecular weight is 389 g/mol. The molecule has 2 amide bonds. The number of nitrogens with one attached hydrogen (secondary N) is 2. The molecule has 5 nitrogen and oxygen atoms in total. The first-order valence-corrected chi connectivity index (χ1v) is 7.83. The molecule has 9 heteroatoms. The molecule has 3 aromatic rings. The number of halogens is 4. The second kappa shape index (κ2) is 7.87. The fourth-order valence-corrected chi connectivity index (χ4v) is 2.26. The van der Waals surface area contributed by atoms with Gasteiger partial charge in [-0.2, -0.15) is 0 Å². The number of carbonyl (C=O) groups excluding carboxylic acids is 2. The number of anilines is 2. The zero-order valence-electron chi connectivity index (χ0n) is 14.0. The highest BCUT2D eigenvalue weighted by Crippen LogP contribution is 2.20. The molecule has 2 N–H and O–H groups in total. The molecule has 0 bridgehead atoms. The summed E-state index contributed by atoms with van der Waals surface area (Å²) in [5.41, 5.74) is -0.953.